The Morgan fingerprint density at radius 2 is 2.12 bits per heavy atom. The summed E-state index contributed by atoms with van der Waals surface area (Å²) < 4.78 is 6.05. The fraction of sp³-hybridized carbons (Fsp3) is 0.167. The standard InChI is InChI=1S/C12H10N2O2/c1-2-3-9-14-11(13-16-12(14)15)10-7-5-4-6-8-10/h4-8H,9H2,1H3. The van der Waals surface area contributed by atoms with Gasteiger partial charge in [-0.3, -0.25) is 4.52 Å². The molecule has 0 aliphatic rings. The minimum atomic E-state index is -0.485. The van der Waals surface area contributed by atoms with E-state index >= 15 is 0 Å². The first-order valence-corrected chi connectivity index (χ1v) is 4.84. The quantitative estimate of drug-likeness (QED) is 0.712. The van der Waals surface area contributed by atoms with Crippen molar-refractivity contribution in [3.8, 4) is 23.2 Å². The molecule has 0 bridgehead atoms. The van der Waals surface area contributed by atoms with Crippen LogP contribution >= 0.6 is 0 Å². The minimum Gasteiger partial charge on any atom is -0.295 e. The van der Waals surface area contributed by atoms with Gasteiger partial charge in [-0.05, 0) is 6.92 Å². The Morgan fingerprint density at radius 1 is 1.38 bits per heavy atom. The minimum absolute atomic E-state index is 0.295. The lowest BCUT2D eigenvalue weighted by molar-refractivity contribution is 0.379. The largest absolute Gasteiger partial charge is 0.442 e. The number of rotatable bonds is 2. The van der Waals surface area contributed by atoms with Gasteiger partial charge in [-0.25, -0.2) is 9.36 Å². The third-order valence-electron chi connectivity index (χ3n) is 2.13. The first-order chi connectivity index (χ1) is 7.83. The van der Waals surface area contributed by atoms with Crippen molar-refractivity contribution in [2.24, 2.45) is 0 Å². The third kappa shape index (κ3) is 1.89. The van der Waals surface area contributed by atoms with Crippen LogP contribution in [0.3, 0.4) is 0 Å². The van der Waals surface area contributed by atoms with Gasteiger partial charge in [-0.15, -0.1) is 5.92 Å². The maximum Gasteiger partial charge on any atom is 0.442 e. The normalized spacial score (nSPS) is 9.56. The van der Waals surface area contributed by atoms with Crippen molar-refractivity contribution in [1.29, 1.82) is 0 Å². The van der Waals surface area contributed by atoms with Crippen molar-refractivity contribution < 1.29 is 4.52 Å². The van der Waals surface area contributed by atoms with E-state index in [9.17, 15) is 4.79 Å². The van der Waals surface area contributed by atoms with Crippen molar-refractivity contribution in [3.63, 3.8) is 0 Å². The summed E-state index contributed by atoms with van der Waals surface area (Å²) in [6, 6.07) is 9.40. The summed E-state index contributed by atoms with van der Waals surface area (Å²) >= 11 is 0. The van der Waals surface area contributed by atoms with E-state index in [1.165, 1.54) is 4.57 Å². The van der Waals surface area contributed by atoms with Crippen LogP contribution in [-0.2, 0) is 6.54 Å². The van der Waals surface area contributed by atoms with Gasteiger partial charge >= 0.3 is 5.76 Å². The van der Waals surface area contributed by atoms with Crippen molar-refractivity contribution >= 4 is 0 Å². The number of aromatic nitrogens is 2. The van der Waals surface area contributed by atoms with E-state index in [4.69, 9.17) is 0 Å². The van der Waals surface area contributed by atoms with Crippen molar-refractivity contribution in [1.82, 2.24) is 9.72 Å². The zero-order chi connectivity index (χ0) is 11.4. The van der Waals surface area contributed by atoms with Crippen LogP contribution in [0.4, 0.5) is 0 Å². The average molecular weight is 214 g/mol. The van der Waals surface area contributed by atoms with E-state index in [2.05, 4.69) is 21.5 Å². The second kappa shape index (κ2) is 4.49. The Kier molecular flexibility index (Phi) is 2.88. The molecule has 0 atom stereocenters. The summed E-state index contributed by atoms with van der Waals surface area (Å²) in [6.07, 6.45) is 0. The molecule has 0 radical (unpaired) electrons. The zero-order valence-corrected chi connectivity index (χ0v) is 8.80. The number of hydrogen-bond acceptors (Lipinski definition) is 3. The second-order valence-corrected chi connectivity index (χ2v) is 3.15. The molecule has 0 amide bonds. The van der Waals surface area contributed by atoms with Crippen molar-refractivity contribution in [2.75, 3.05) is 0 Å². The van der Waals surface area contributed by atoms with Crippen LogP contribution in [0.25, 0.3) is 11.4 Å². The fourth-order valence-corrected chi connectivity index (χ4v) is 1.36. The molecular weight excluding hydrogens is 204 g/mol. The van der Waals surface area contributed by atoms with Gasteiger partial charge in [-0.2, -0.15) is 0 Å². The maximum absolute atomic E-state index is 11.4. The smallest absolute Gasteiger partial charge is 0.295 e. The molecule has 1 aromatic heterocycles. The van der Waals surface area contributed by atoms with Crippen LogP contribution < -0.4 is 5.76 Å². The van der Waals surface area contributed by atoms with E-state index in [1.54, 1.807) is 6.92 Å². The molecule has 80 valence electrons. The first-order valence-electron chi connectivity index (χ1n) is 4.84. The molecule has 0 N–H and O–H groups in total. The predicted molar refractivity (Wildman–Crippen MR) is 59.6 cm³/mol. The van der Waals surface area contributed by atoms with E-state index in [1.807, 2.05) is 30.3 Å². The van der Waals surface area contributed by atoms with Crippen LogP contribution in [0.5, 0.6) is 0 Å². The highest BCUT2D eigenvalue weighted by molar-refractivity contribution is 5.54. The Balaban J connectivity index is 2.49. The molecule has 0 spiro atoms. The molecule has 16 heavy (non-hydrogen) atoms. The molecule has 4 heteroatoms. The SMILES string of the molecule is CC#CCn1c(-c2ccccc2)noc1=O. The molecule has 0 saturated heterocycles. The molecule has 0 aliphatic heterocycles. The fourth-order valence-electron chi connectivity index (χ4n) is 1.36. The topological polar surface area (TPSA) is 48.0 Å². The molecule has 0 unspecified atom stereocenters. The molecule has 2 rings (SSSR count). The summed E-state index contributed by atoms with van der Waals surface area (Å²) in [4.78, 5) is 11.4. The summed E-state index contributed by atoms with van der Waals surface area (Å²) in [7, 11) is 0. The number of nitrogens with zero attached hydrogens (tertiary/aromatic N) is 2. The molecule has 1 heterocycles. The summed E-state index contributed by atoms with van der Waals surface area (Å²) in [6.45, 7) is 2.02. The Morgan fingerprint density at radius 3 is 2.81 bits per heavy atom. The van der Waals surface area contributed by atoms with E-state index in [-0.39, 0.29) is 0 Å². The first kappa shape index (κ1) is 10.2. The number of benzene rings is 1. The Hall–Kier alpha value is -2.28. The lowest BCUT2D eigenvalue weighted by Gasteiger charge is -1.99. The monoisotopic (exact) mass is 214 g/mol. The number of hydrogen-bond donors (Lipinski definition) is 0. The maximum atomic E-state index is 11.4. The van der Waals surface area contributed by atoms with Crippen LogP contribution in [0.15, 0.2) is 39.6 Å². The van der Waals surface area contributed by atoms with E-state index in [0.717, 1.165) is 5.56 Å². The van der Waals surface area contributed by atoms with E-state index in [0.29, 0.717) is 12.4 Å². The van der Waals surface area contributed by atoms with Gasteiger partial charge in [-0.1, -0.05) is 41.4 Å². The predicted octanol–water partition coefficient (Wildman–Crippen LogP) is 1.53. The van der Waals surface area contributed by atoms with Crippen LogP contribution in [0, 0.1) is 11.8 Å². The highest BCUT2D eigenvalue weighted by atomic mass is 16.5. The molecule has 1 aromatic carbocycles. The third-order valence-corrected chi connectivity index (χ3v) is 2.13. The zero-order valence-electron chi connectivity index (χ0n) is 8.80. The summed E-state index contributed by atoms with van der Waals surface area (Å²) in [5.74, 6) is 5.57. The lowest BCUT2D eigenvalue weighted by atomic mass is 10.2. The van der Waals surface area contributed by atoms with Gasteiger partial charge in [0.05, 0.1) is 6.54 Å². The molecule has 0 aliphatic carbocycles. The van der Waals surface area contributed by atoms with E-state index < -0.39 is 5.76 Å². The highest BCUT2D eigenvalue weighted by Gasteiger charge is 2.10. The van der Waals surface area contributed by atoms with Gasteiger partial charge in [0.1, 0.15) is 0 Å². The summed E-state index contributed by atoms with van der Waals surface area (Å²) in [5, 5.41) is 3.75. The average Bonchev–Trinajstić information content (AvgIpc) is 2.69. The van der Waals surface area contributed by atoms with Crippen molar-refractivity contribution in [2.45, 2.75) is 13.5 Å². The molecule has 2 aromatic rings. The molecular formula is C12H10N2O2. The van der Waals surface area contributed by atoms with Crippen LogP contribution in [0.2, 0.25) is 0 Å². The van der Waals surface area contributed by atoms with Gasteiger partial charge < -0.3 is 0 Å². The molecule has 0 saturated carbocycles. The van der Waals surface area contributed by atoms with Crippen molar-refractivity contribution in [3.05, 3.63) is 40.9 Å². The van der Waals surface area contributed by atoms with Gasteiger partial charge in [0.15, 0.2) is 5.82 Å². The van der Waals surface area contributed by atoms with Crippen LogP contribution in [-0.4, -0.2) is 9.72 Å². The summed E-state index contributed by atoms with van der Waals surface area (Å²) in [5.41, 5.74) is 0.839. The van der Waals surface area contributed by atoms with Gasteiger partial charge in [0, 0.05) is 5.56 Å². The van der Waals surface area contributed by atoms with Gasteiger partial charge in [0.2, 0.25) is 0 Å². The second-order valence-electron chi connectivity index (χ2n) is 3.15. The lowest BCUT2D eigenvalue weighted by Crippen LogP contribution is -2.14. The Labute approximate surface area is 92.5 Å². The van der Waals surface area contributed by atoms with Crippen LogP contribution in [0.1, 0.15) is 6.92 Å². The van der Waals surface area contributed by atoms with Gasteiger partial charge in [0.25, 0.3) is 0 Å². The molecule has 0 fully saturated rings. The Bertz CT molecular complexity index is 585. The highest BCUT2D eigenvalue weighted by Crippen LogP contribution is 2.14. The molecule has 4 nitrogen and oxygen atoms in total.